The predicted molar refractivity (Wildman–Crippen MR) is 43.5 cm³/mol. The van der Waals surface area contributed by atoms with Gasteiger partial charge in [0.1, 0.15) is 0 Å². The minimum atomic E-state index is -0.166. The van der Waals surface area contributed by atoms with E-state index in [9.17, 15) is 0 Å². The lowest BCUT2D eigenvalue weighted by atomic mass is 10.2. The number of hydrogen-bond donors (Lipinski definition) is 0. The van der Waals surface area contributed by atoms with E-state index in [1.807, 2.05) is 6.92 Å². The average Bonchev–Trinajstić information content (AvgIpc) is 2.56. The van der Waals surface area contributed by atoms with Crippen LogP contribution in [0.25, 0.3) is 10.4 Å². The highest BCUT2D eigenvalue weighted by Crippen LogP contribution is 2.14. The Morgan fingerprint density at radius 2 is 2.25 bits per heavy atom. The SMILES string of the molecule is CCC(CC1OCCO1)N=[N+]=[N-]. The third-order valence-electron chi connectivity index (χ3n) is 1.84. The molecule has 1 atom stereocenters. The van der Waals surface area contributed by atoms with Crippen molar-refractivity contribution in [3.8, 4) is 0 Å². The first-order valence-electron chi connectivity index (χ1n) is 4.14. The molecule has 0 spiro atoms. The van der Waals surface area contributed by atoms with E-state index in [1.165, 1.54) is 0 Å². The van der Waals surface area contributed by atoms with Crippen LogP contribution in [0.5, 0.6) is 0 Å². The van der Waals surface area contributed by atoms with Crippen LogP contribution in [0.3, 0.4) is 0 Å². The summed E-state index contributed by atoms with van der Waals surface area (Å²) in [7, 11) is 0. The van der Waals surface area contributed by atoms with Crippen LogP contribution in [0, 0.1) is 0 Å². The lowest BCUT2D eigenvalue weighted by molar-refractivity contribution is -0.0506. The molecule has 1 aliphatic heterocycles. The lowest BCUT2D eigenvalue weighted by Gasteiger charge is -2.12. The molecule has 1 unspecified atom stereocenters. The van der Waals surface area contributed by atoms with Crippen LogP contribution in [0.2, 0.25) is 0 Å². The number of azide groups is 1. The third kappa shape index (κ3) is 2.70. The van der Waals surface area contributed by atoms with E-state index in [4.69, 9.17) is 15.0 Å². The quantitative estimate of drug-likeness (QED) is 0.368. The van der Waals surface area contributed by atoms with E-state index >= 15 is 0 Å². The monoisotopic (exact) mass is 171 g/mol. The molecule has 0 amide bonds. The Morgan fingerprint density at radius 3 is 2.75 bits per heavy atom. The van der Waals surface area contributed by atoms with E-state index in [2.05, 4.69) is 10.0 Å². The van der Waals surface area contributed by atoms with E-state index in [0.717, 1.165) is 6.42 Å². The molecule has 0 radical (unpaired) electrons. The normalized spacial score (nSPS) is 20.4. The highest BCUT2D eigenvalue weighted by atomic mass is 16.7. The van der Waals surface area contributed by atoms with Crippen LogP contribution in [0.15, 0.2) is 5.11 Å². The first-order chi connectivity index (χ1) is 5.86. The summed E-state index contributed by atoms with van der Waals surface area (Å²) in [5.41, 5.74) is 8.22. The molecule has 5 nitrogen and oxygen atoms in total. The topological polar surface area (TPSA) is 67.2 Å². The van der Waals surface area contributed by atoms with E-state index in [0.29, 0.717) is 19.6 Å². The first kappa shape index (κ1) is 9.32. The van der Waals surface area contributed by atoms with Crippen molar-refractivity contribution in [2.24, 2.45) is 5.11 Å². The molecule has 1 heterocycles. The van der Waals surface area contributed by atoms with Gasteiger partial charge in [-0.1, -0.05) is 12.0 Å². The number of rotatable bonds is 4. The molecule has 0 aromatic carbocycles. The maximum Gasteiger partial charge on any atom is 0.158 e. The Hall–Kier alpha value is -0.770. The van der Waals surface area contributed by atoms with E-state index in [1.54, 1.807) is 0 Å². The highest BCUT2D eigenvalue weighted by molar-refractivity contribution is 4.68. The molecule has 0 aromatic rings. The summed E-state index contributed by atoms with van der Waals surface area (Å²) in [6.45, 7) is 3.28. The minimum Gasteiger partial charge on any atom is -0.350 e. The largest absolute Gasteiger partial charge is 0.350 e. The smallest absolute Gasteiger partial charge is 0.158 e. The minimum absolute atomic E-state index is 0.00176. The lowest BCUT2D eigenvalue weighted by Crippen LogP contribution is -2.15. The summed E-state index contributed by atoms with van der Waals surface area (Å²) >= 11 is 0. The van der Waals surface area contributed by atoms with Gasteiger partial charge in [0.2, 0.25) is 0 Å². The second-order valence-corrected chi connectivity index (χ2v) is 2.67. The van der Waals surface area contributed by atoms with Crippen molar-refractivity contribution >= 4 is 0 Å². The first-order valence-corrected chi connectivity index (χ1v) is 4.14. The fourth-order valence-electron chi connectivity index (χ4n) is 1.13. The number of nitrogens with zero attached hydrogens (tertiary/aromatic N) is 3. The van der Waals surface area contributed by atoms with Crippen molar-refractivity contribution < 1.29 is 9.47 Å². The Kier molecular flexibility index (Phi) is 3.87. The summed E-state index contributed by atoms with van der Waals surface area (Å²) in [5, 5.41) is 3.63. The van der Waals surface area contributed by atoms with Crippen LogP contribution in [-0.4, -0.2) is 25.5 Å². The molecule has 0 bridgehead atoms. The predicted octanol–water partition coefficient (Wildman–Crippen LogP) is 1.84. The summed E-state index contributed by atoms with van der Waals surface area (Å²) in [6, 6.07) is -0.00176. The van der Waals surface area contributed by atoms with Gasteiger partial charge < -0.3 is 9.47 Å². The second-order valence-electron chi connectivity index (χ2n) is 2.67. The summed E-state index contributed by atoms with van der Waals surface area (Å²) in [5.74, 6) is 0. The molecule has 1 rings (SSSR count). The maximum atomic E-state index is 8.22. The summed E-state index contributed by atoms with van der Waals surface area (Å²) in [4.78, 5) is 2.76. The molecule has 68 valence electrons. The third-order valence-corrected chi connectivity index (χ3v) is 1.84. The van der Waals surface area contributed by atoms with Crippen LogP contribution in [0.4, 0.5) is 0 Å². The summed E-state index contributed by atoms with van der Waals surface area (Å²) < 4.78 is 10.5. The molecule has 1 saturated heterocycles. The van der Waals surface area contributed by atoms with Crippen molar-refractivity contribution in [2.75, 3.05) is 13.2 Å². The van der Waals surface area contributed by atoms with Gasteiger partial charge >= 0.3 is 0 Å². The van der Waals surface area contributed by atoms with Crippen LogP contribution >= 0.6 is 0 Å². The van der Waals surface area contributed by atoms with Gasteiger partial charge in [0.05, 0.1) is 13.2 Å². The zero-order valence-electron chi connectivity index (χ0n) is 7.14. The Morgan fingerprint density at radius 1 is 1.58 bits per heavy atom. The Labute approximate surface area is 71.3 Å². The Balaban J connectivity index is 2.30. The molecule has 12 heavy (non-hydrogen) atoms. The summed E-state index contributed by atoms with van der Waals surface area (Å²) in [6.07, 6.45) is 1.33. The van der Waals surface area contributed by atoms with Crippen molar-refractivity contribution in [1.29, 1.82) is 0 Å². The molecule has 1 fully saturated rings. The van der Waals surface area contributed by atoms with Crippen LogP contribution in [0.1, 0.15) is 19.8 Å². The second kappa shape index (κ2) is 4.98. The molecule has 0 saturated carbocycles. The van der Waals surface area contributed by atoms with Gasteiger partial charge in [0, 0.05) is 17.4 Å². The van der Waals surface area contributed by atoms with Gasteiger partial charge in [-0.25, -0.2) is 0 Å². The van der Waals surface area contributed by atoms with Crippen molar-refractivity contribution in [3.05, 3.63) is 10.4 Å². The molecule has 1 aliphatic rings. The van der Waals surface area contributed by atoms with Crippen LogP contribution in [-0.2, 0) is 9.47 Å². The molecule has 0 aromatic heterocycles. The van der Waals surface area contributed by atoms with Gasteiger partial charge in [0.25, 0.3) is 0 Å². The van der Waals surface area contributed by atoms with Gasteiger partial charge in [-0.15, -0.1) is 0 Å². The van der Waals surface area contributed by atoms with Crippen LogP contribution < -0.4 is 0 Å². The van der Waals surface area contributed by atoms with Crippen molar-refractivity contribution in [3.63, 3.8) is 0 Å². The van der Waals surface area contributed by atoms with Crippen molar-refractivity contribution in [1.82, 2.24) is 0 Å². The zero-order chi connectivity index (χ0) is 8.81. The van der Waals surface area contributed by atoms with Gasteiger partial charge in [0.15, 0.2) is 6.29 Å². The molecular formula is C7H13N3O2. The maximum absolute atomic E-state index is 8.22. The average molecular weight is 171 g/mol. The van der Waals surface area contributed by atoms with Gasteiger partial charge in [-0.05, 0) is 12.0 Å². The fourth-order valence-corrected chi connectivity index (χ4v) is 1.13. The molecule has 0 N–H and O–H groups in total. The highest BCUT2D eigenvalue weighted by Gasteiger charge is 2.19. The molecular weight excluding hydrogens is 158 g/mol. The fraction of sp³-hybridized carbons (Fsp3) is 1.00. The van der Waals surface area contributed by atoms with E-state index in [-0.39, 0.29) is 12.3 Å². The number of hydrogen-bond acceptors (Lipinski definition) is 3. The molecule has 5 heteroatoms. The Bertz CT molecular complexity index is 173. The number of ether oxygens (including phenoxy) is 2. The van der Waals surface area contributed by atoms with Crippen molar-refractivity contribution in [2.45, 2.75) is 32.1 Å². The zero-order valence-corrected chi connectivity index (χ0v) is 7.14. The standard InChI is InChI=1S/C7H13N3O2/c1-2-6(9-10-8)5-7-11-3-4-12-7/h6-7H,2-5H2,1H3. The molecule has 0 aliphatic carbocycles. The van der Waals surface area contributed by atoms with Gasteiger partial charge in [-0.3, -0.25) is 0 Å². The van der Waals surface area contributed by atoms with E-state index < -0.39 is 0 Å². The van der Waals surface area contributed by atoms with Gasteiger partial charge in [-0.2, -0.15) is 0 Å².